The van der Waals surface area contributed by atoms with Crippen molar-refractivity contribution in [2.75, 3.05) is 20.7 Å². The molecule has 4 nitrogen and oxygen atoms in total. The lowest BCUT2D eigenvalue weighted by molar-refractivity contribution is -0.113. The van der Waals surface area contributed by atoms with Gasteiger partial charge in [-0.3, -0.25) is 4.90 Å². The van der Waals surface area contributed by atoms with Crippen LogP contribution in [0.2, 0.25) is 0 Å². The molecular formula is C16H21N3O. The quantitative estimate of drug-likeness (QED) is 0.828. The van der Waals surface area contributed by atoms with Crippen LogP contribution in [0.15, 0.2) is 24.4 Å². The number of aromatic nitrogens is 1. The van der Waals surface area contributed by atoms with Gasteiger partial charge in [0, 0.05) is 42.8 Å². The van der Waals surface area contributed by atoms with Crippen molar-refractivity contribution in [2.45, 2.75) is 30.5 Å². The van der Waals surface area contributed by atoms with Gasteiger partial charge in [0.1, 0.15) is 5.60 Å². The molecule has 0 amide bonds. The second-order valence-corrected chi connectivity index (χ2v) is 6.26. The molecular weight excluding hydrogens is 250 g/mol. The zero-order valence-corrected chi connectivity index (χ0v) is 12.0. The smallest absolute Gasteiger partial charge is 0.111 e. The minimum absolute atomic E-state index is 0.159. The SMILES string of the molecule is COC12CC(N)CN(C)[C@@H]1Cc1c[nH]c3cccc2c13. The van der Waals surface area contributed by atoms with E-state index in [9.17, 15) is 0 Å². The third-order valence-corrected chi connectivity index (χ3v) is 5.18. The van der Waals surface area contributed by atoms with Crippen molar-refractivity contribution in [3.63, 3.8) is 0 Å². The molecule has 1 aromatic carbocycles. The monoisotopic (exact) mass is 271 g/mol. The number of nitrogens with zero attached hydrogens (tertiary/aromatic N) is 1. The summed E-state index contributed by atoms with van der Waals surface area (Å²) in [6.45, 7) is 0.936. The van der Waals surface area contributed by atoms with Crippen LogP contribution in [0.4, 0.5) is 0 Å². The minimum atomic E-state index is -0.277. The summed E-state index contributed by atoms with van der Waals surface area (Å²) in [7, 11) is 3.99. The molecule has 2 heterocycles. The second-order valence-electron chi connectivity index (χ2n) is 6.26. The van der Waals surface area contributed by atoms with Crippen LogP contribution < -0.4 is 5.73 Å². The number of hydrogen-bond donors (Lipinski definition) is 2. The first-order valence-electron chi connectivity index (χ1n) is 7.26. The Kier molecular flexibility index (Phi) is 2.52. The van der Waals surface area contributed by atoms with Crippen molar-refractivity contribution in [3.05, 3.63) is 35.5 Å². The molecule has 2 aromatic rings. The number of fused-ring (bicyclic) bond motifs is 2. The van der Waals surface area contributed by atoms with Gasteiger partial charge in [0.15, 0.2) is 0 Å². The number of likely N-dealkylation sites (tertiary alicyclic amines) is 1. The number of nitrogens with one attached hydrogen (secondary N) is 1. The van der Waals surface area contributed by atoms with Gasteiger partial charge in [-0.15, -0.1) is 0 Å². The first-order chi connectivity index (χ1) is 9.65. The average Bonchev–Trinajstić information content (AvgIpc) is 2.85. The molecule has 106 valence electrons. The van der Waals surface area contributed by atoms with Crippen LogP contribution in [0.5, 0.6) is 0 Å². The normalized spacial score (nSPS) is 33.4. The van der Waals surface area contributed by atoms with Gasteiger partial charge in [0.05, 0.1) is 0 Å². The summed E-state index contributed by atoms with van der Waals surface area (Å²) in [6.07, 6.45) is 4.06. The second kappa shape index (κ2) is 4.07. The van der Waals surface area contributed by atoms with Crippen molar-refractivity contribution < 1.29 is 4.74 Å². The van der Waals surface area contributed by atoms with Crippen molar-refractivity contribution >= 4 is 10.9 Å². The Labute approximate surface area is 118 Å². The summed E-state index contributed by atoms with van der Waals surface area (Å²) in [5.41, 5.74) is 9.91. The van der Waals surface area contributed by atoms with E-state index >= 15 is 0 Å². The van der Waals surface area contributed by atoms with Gasteiger partial charge in [0.2, 0.25) is 0 Å². The highest BCUT2D eigenvalue weighted by Crippen LogP contribution is 2.47. The Balaban J connectivity index is 2.00. The minimum Gasteiger partial charge on any atom is -0.372 e. The number of hydrogen-bond acceptors (Lipinski definition) is 3. The summed E-state index contributed by atoms with van der Waals surface area (Å²) < 4.78 is 6.10. The molecule has 2 aliphatic rings. The van der Waals surface area contributed by atoms with Crippen LogP contribution in [0.3, 0.4) is 0 Å². The molecule has 0 spiro atoms. The van der Waals surface area contributed by atoms with E-state index in [-0.39, 0.29) is 11.6 Å². The highest BCUT2D eigenvalue weighted by Gasteiger charge is 2.50. The van der Waals surface area contributed by atoms with E-state index in [4.69, 9.17) is 10.5 Å². The number of nitrogens with two attached hydrogens (primary N) is 1. The van der Waals surface area contributed by atoms with Gasteiger partial charge in [-0.2, -0.15) is 0 Å². The maximum absolute atomic E-state index is 6.29. The van der Waals surface area contributed by atoms with Crippen molar-refractivity contribution in [1.82, 2.24) is 9.88 Å². The molecule has 0 bridgehead atoms. The van der Waals surface area contributed by atoms with Crippen LogP contribution in [-0.2, 0) is 16.8 Å². The Morgan fingerprint density at radius 3 is 3.10 bits per heavy atom. The molecule has 1 aliphatic heterocycles. The summed E-state index contributed by atoms with van der Waals surface area (Å²) >= 11 is 0. The number of likely N-dealkylation sites (N-methyl/N-ethyl adjacent to an activating group) is 1. The third-order valence-electron chi connectivity index (χ3n) is 5.18. The van der Waals surface area contributed by atoms with E-state index in [2.05, 4.69) is 41.3 Å². The number of benzene rings is 1. The zero-order chi connectivity index (χ0) is 13.9. The lowest BCUT2D eigenvalue weighted by atomic mass is 9.70. The van der Waals surface area contributed by atoms with Gasteiger partial charge < -0.3 is 15.5 Å². The molecule has 0 saturated carbocycles. The van der Waals surface area contributed by atoms with Crippen molar-refractivity contribution in [2.24, 2.45) is 5.73 Å². The summed E-state index contributed by atoms with van der Waals surface area (Å²) in [5.74, 6) is 0. The fourth-order valence-corrected chi connectivity index (χ4v) is 4.36. The maximum Gasteiger partial charge on any atom is 0.111 e. The van der Waals surface area contributed by atoms with Crippen LogP contribution in [0.25, 0.3) is 10.9 Å². The van der Waals surface area contributed by atoms with Gasteiger partial charge >= 0.3 is 0 Å². The van der Waals surface area contributed by atoms with E-state index in [1.807, 2.05) is 7.11 Å². The molecule has 4 heteroatoms. The third kappa shape index (κ3) is 1.41. The van der Waals surface area contributed by atoms with Gasteiger partial charge in [0.25, 0.3) is 0 Å². The molecule has 20 heavy (non-hydrogen) atoms. The van der Waals surface area contributed by atoms with Crippen LogP contribution in [-0.4, -0.2) is 42.7 Å². The molecule has 1 aromatic heterocycles. The molecule has 1 fully saturated rings. The molecule has 0 radical (unpaired) electrons. The number of aromatic amines is 1. The van der Waals surface area contributed by atoms with Gasteiger partial charge in [-0.05, 0) is 37.1 Å². The van der Waals surface area contributed by atoms with Gasteiger partial charge in [-0.25, -0.2) is 0 Å². The molecule has 4 rings (SSSR count). The Morgan fingerprint density at radius 2 is 2.30 bits per heavy atom. The van der Waals surface area contributed by atoms with E-state index in [1.54, 1.807) is 0 Å². The largest absolute Gasteiger partial charge is 0.372 e. The lowest BCUT2D eigenvalue weighted by Gasteiger charge is -2.52. The highest BCUT2D eigenvalue weighted by atomic mass is 16.5. The Bertz CT molecular complexity index is 665. The van der Waals surface area contributed by atoms with Crippen molar-refractivity contribution in [1.29, 1.82) is 0 Å². The zero-order valence-electron chi connectivity index (χ0n) is 12.0. The summed E-state index contributed by atoms with van der Waals surface area (Å²) in [6, 6.07) is 6.98. The average molecular weight is 271 g/mol. The number of H-pyrrole nitrogens is 1. The van der Waals surface area contributed by atoms with E-state index in [1.165, 1.54) is 22.0 Å². The Hall–Kier alpha value is -1.36. The first kappa shape index (κ1) is 12.4. The summed E-state index contributed by atoms with van der Waals surface area (Å²) in [4.78, 5) is 5.76. The van der Waals surface area contributed by atoms with Gasteiger partial charge in [-0.1, -0.05) is 12.1 Å². The number of methoxy groups -OCH3 is 1. The maximum atomic E-state index is 6.29. The van der Waals surface area contributed by atoms with Crippen LogP contribution >= 0.6 is 0 Å². The Morgan fingerprint density at radius 1 is 1.45 bits per heavy atom. The fraction of sp³-hybridized carbons (Fsp3) is 0.500. The molecule has 2 unspecified atom stereocenters. The van der Waals surface area contributed by atoms with E-state index in [0.717, 1.165) is 19.4 Å². The number of ether oxygens (including phenoxy) is 1. The predicted molar refractivity (Wildman–Crippen MR) is 79.7 cm³/mol. The highest BCUT2D eigenvalue weighted by molar-refractivity contribution is 5.88. The summed E-state index contributed by atoms with van der Waals surface area (Å²) in [5, 5.41) is 1.34. The van der Waals surface area contributed by atoms with Crippen LogP contribution in [0.1, 0.15) is 17.5 Å². The van der Waals surface area contributed by atoms with Crippen molar-refractivity contribution in [3.8, 4) is 0 Å². The molecule has 3 N–H and O–H groups in total. The standard InChI is InChI=1S/C16H21N3O/c1-19-9-11(17)7-16(20-2)12-4-3-5-13-15(12)10(8-18-13)6-14(16)19/h3-5,8,11,14,18H,6-7,9,17H2,1-2H3/t11?,14-,16?/m1/s1. The molecule has 1 saturated heterocycles. The van der Waals surface area contributed by atoms with E-state index < -0.39 is 0 Å². The predicted octanol–water partition coefficient (Wildman–Crippen LogP) is 1.60. The lowest BCUT2D eigenvalue weighted by Crippen LogP contribution is -2.62. The van der Waals surface area contributed by atoms with E-state index in [0.29, 0.717) is 6.04 Å². The first-order valence-corrected chi connectivity index (χ1v) is 7.26. The fourth-order valence-electron chi connectivity index (χ4n) is 4.36. The molecule has 3 atom stereocenters. The number of piperidine rings is 1. The van der Waals surface area contributed by atoms with Crippen LogP contribution in [0, 0.1) is 0 Å². The molecule has 1 aliphatic carbocycles. The number of rotatable bonds is 1. The topological polar surface area (TPSA) is 54.3 Å².